The highest BCUT2D eigenvalue weighted by atomic mass is 32.2. The molecule has 0 N–H and O–H groups in total. The maximum atomic E-state index is 10.9. The predicted molar refractivity (Wildman–Crippen MR) is 62.9 cm³/mol. The van der Waals surface area contributed by atoms with Crippen LogP contribution in [-0.4, -0.2) is 40.8 Å². The Bertz CT molecular complexity index is 186. The Morgan fingerprint density at radius 3 is 2.36 bits per heavy atom. The minimum Gasteiger partial charge on any atom is -0.302 e. The second-order valence-corrected chi connectivity index (χ2v) is 6.26. The first-order chi connectivity index (χ1) is 6.59. The van der Waals surface area contributed by atoms with Crippen LogP contribution in [0.25, 0.3) is 0 Å². The molecule has 84 valence electrons. The zero-order chi connectivity index (χ0) is 10.6. The second kappa shape index (κ2) is 5.86. The molecule has 2 nitrogen and oxygen atoms in total. The Labute approximate surface area is 90.5 Å². The Balaban J connectivity index is 2.19. The Morgan fingerprint density at radius 1 is 1.36 bits per heavy atom. The van der Waals surface area contributed by atoms with Crippen LogP contribution in [0.5, 0.6) is 0 Å². The first-order valence-corrected chi connectivity index (χ1v) is 7.34. The van der Waals surface area contributed by atoms with E-state index in [1.54, 1.807) is 6.26 Å². The van der Waals surface area contributed by atoms with Crippen molar-refractivity contribution < 1.29 is 4.21 Å². The van der Waals surface area contributed by atoms with Crippen molar-refractivity contribution in [3.63, 3.8) is 0 Å². The molecule has 0 aliphatic carbocycles. The summed E-state index contributed by atoms with van der Waals surface area (Å²) in [5.41, 5.74) is 0. The first kappa shape index (κ1) is 12.2. The van der Waals surface area contributed by atoms with E-state index in [1.165, 1.54) is 25.9 Å². The molecule has 0 spiro atoms. The topological polar surface area (TPSA) is 20.3 Å². The van der Waals surface area contributed by atoms with Gasteiger partial charge in [-0.2, -0.15) is 0 Å². The fourth-order valence-corrected chi connectivity index (χ4v) is 2.62. The van der Waals surface area contributed by atoms with Gasteiger partial charge >= 0.3 is 0 Å². The van der Waals surface area contributed by atoms with E-state index in [0.29, 0.717) is 0 Å². The van der Waals surface area contributed by atoms with Crippen LogP contribution in [0.3, 0.4) is 0 Å². The van der Waals surface area contributed by atoms with E-state index < -0.39 is 10.8 Å². The summed E-state index contributed by atoms with van der Waals surface area (Å²) in [6.45, 7) is 8.08. The summed E-state index contributed by atoms with van der Waals surface area (Å²) in [4.78, 5) is 2.46. The van der Waals surface area contributed by atoms with Gasteiger partial charge in [0, 0.05) is 29.4 Å². The molecule has 1 atom stereocenters. The van der Waals surface area contributed by atoms with Crippen molar-refractivity contribution in [3.8, 4) is 0 Å². The van der Waals surface area contributed by atoms with E-state index >= 15 is 0 Å². The van der Waals surface area contributed by atoms with Gasteiger partial charge in [0.25, 0.3) is 0 Å². The highest BCUT2D eigenvalue weighted by molar-refractivity contribution is 7.84. The van der Waals surface area contributed by atoms with Crippen molar-refractivity contribution in [2.45, 2.75) is 26.7 Å². The van der Waals surface area contributed by atoms with Crippen molar-refractivity contribution in [1.29, 1.82) is 0 Å². The van der Waals surface area contributed by atoms with Gasteiger partial charge in [-0.05, 0) is 37.8 Å². The molecule has 0 radical (unpaired) electrons. The summed E-state index contributed by atoms with van der Waals surface area (Å²) in [6, 6.07) is 0. The van der Waals surface area contributed by atoms with Gasteiger partial charge in [0.2, 0.25) is 0 Å². The number of nitrogens with zero attached hydrogens (tertiary/aromatic N) is 1. The highest BCUT2D eigenvalue weighted by Crippen LogP contribution is 2.23. The lowest BCUT2D eigenvalue weighted by molar-refractivity contribution is 0.165. The van der Waals surface area contributed by atoms with E-state index in [-0.39, 0.29) is 0 Å². The molecular formula is C11H23NOS. The lowest BCUT2D eigenvalue weighted by Crippen LogP contribution is -2.37. The molecule has 0 aromatic heterocycles. The van der Waals surface area contributed by atoms with Gasteiger partial charge in [-0.3, -0.25) is 4.21 Å². The summed E-state index contributed by atoms with van der Waals surface area (Å²) >= 11 is 0. The standard InChI is InChI=1S/C11H23NOS/c1-10(2)11-4-6-12(7-5-11)8-9-14(3)13/h10-11H,4-9H2,1-3H3. The Kier molecular flexibility index (Phi) is 5.10. The van der Waals surface area contributed by atoms with Crippen LogP contribution < -0.4 is 0 Å². The van der Waals surface area contributed by atoms with Crippen LogP contribution in [0.1, 0.15) is 26.7 Å². The summed E-state index contributed by atoms with van der Waals surface area (Å²) in [7, 11) is -0.626. The number of rotatable bonds is 4. The largest absolute Gasteiger partial charge is 0.302 e. The van der Waals surface area contributed by atoms with Crippen LogP contribution in [0.2, 0.25) is 0 Å². The predicted octanol–water partition coefficient (Wildman–Crippen LogP) is 1.73. The third-order valence-electron chi connectivity index (χ3n) is 3.27. The van der Waals surface area contributed by atoms with Gasteiger partial charge in [0.1, 0.15) is 0 Å². The maximum absolute atomic E-state index is 10.9. The molecule has 1 fully saturated rings. The summed E-state index contributed by atoms with van der Waals surface area (Å²) < 4.78 is 10.9. The second-order valence-electron chi connectivity index (χ2n) is 4.70. The summed E-state index contributed by atoms with van der Waals surface area (Å²) in [5, 5.41) is 0. The van der Waals surface area contributed by atoms with Gasteiger partial charge in [-0.25, -0.2) is 0 Å². The van der Waals surface area contributed by atoms with Crippen molar-refractivity contribution in [2.75, 3.05) is 31.6 Å². The smallest absolute Gasteiger partial charge is 0.0359 e. The normalized spacial score (nSPS) is 22.9. The molecule has 1 saturated heterocycles. The van der Waals surface area contributed by atoms with Gasteiger partial charge in [-0.15, -0.1) is 0 Å². The number of likely N-dealkylation sites (tertiary alicyclic amines) is 1. The molecule has 1 aliphatic rings. The molecule has 3 heteroatoms. The van der Waals surface area contributed by atoms with Gasteiger partial charge in [0.05, 0.1) is 0 Å². The maximum Gasteiger partial charge on any atom is 0.0359 e. The van der Waals surface area contributed by atoms with Crippen LogP contribution in [0.15, 0.2) is 0 Å². The fourth-order valence-electron chi connectivity index (χ4n) is 2.10. The zero-order valence-electron chi connectivity index (χ0n) is 9.66. The van der Waals surface area contributed by atoms with E-state index in [2.05, 4.69) is 18.7 Å². The number of hydrogen-bond donors (Lipinski definition) is 0. The average Bonchev–Trinajstić information content (AvgIpc) is 2.15. The molecular weight excluding hydrogens is 194 g/mol. The van der Waals surface area contributed by atoms with E-state index in [0.717, 1.165) is 24.1 Å². The summed E-state index contributed by atoms with van der Waals surface area (Å²) in [6.07, 6.45) is 4.45. The Morgan fingerprint density at radius 2 is 1.93 bits per heavy atom. The van der Waals surface area contributed by atoms with Crippen LogP contribution >= 0.6 is 0 Å². The molecule has 1 unspecified atom stereocenters. The van der Waals surface area contributed by atoms with Crippen LogP contribution in [-0.2, 0) is 10.8 Å². The molecule has 0 aromatic carbocycles. The van der Waals surface area contributed by atoms with Crippen molar-refractivity contribution in [1.82, 2.24) is 4.90 Å². The van der Waals surface area contributed by atoms with E-state index in [1.807, 2.05) is 0 Å². The molecule has 0 bridgehead atoms. The molecule has 1 rings (SSSR count). The van der Waals surface area contributed by atoms with Crippen molar-refractivity contribution >= 4 is 10.8 Å². The quantitative estimate of drug-likeness (QED) is 0.715. The number of hydrogen-bond acceptors (Lipinski definition) is 2. The first-order valence-electron chi connectivity index (χ1n) is 5.62. The molecule has 0 amide bonds. The van der Waals surface area contributed by atoms with Gasteiger partial charge < -0.3 is 4.90 Å². The zero-order valence-corrected chi connectivity index (χ0v) is 10.5. The third-order valence-corrected chi connectivity index (χ3v) is 4.03. The lowest BCUT2D eigenvalue weighted by atomic mass is 9.87. The van der Waals surface area contributed by atoms with Crippen molar-refractivity contribution in [2.24, 2.45) is 11.8 Å². The SMILES string of the molecule is CC(C)C1CCN(CCS(C)=O)CC1. The van der Waals surface area contributed by atoms with E-state index in [9.17, 15) is 4.21 Å². The van der Waals surface area contributed by atoms with E-state index in [4.69, 9.17) is 0 Å². The Hall–Kier alpha value is 0.110. The van der Waals surface area contributed by atoms with Crippen molar-refractivity contribution in [3.05, 3.63) is 0 Å². The van der Waals surface area contributed by atoms with Gasteiger partial charge in [-0.1, -0.05) is 13.8 Å². The molecule has 1 heterocycles. The fraction of sp³-hybridized carbons (Fsp3) is 1.00. The molecule has 0 saturated carbocycles. The van der Waals surface area contributed by atoms with Crippen LogP contribution in [0, 0.1) is 11.8 Å². The number of piperidine rings is 1. The molecule has 1 aliphatic heterocycles. The third kappa shape index (κ3) is 4.09. The van der Waals surface area contributed by atoms with Gasteiger partial charge in [0.15, 0.2) is 0 Å². The minimum atomic E-state index is -0.626. The minimum absolute atomic E-state index is 0.626. The lowest BCUT2D eigenvalue weighted by Gasteiger charge is -2.33. The summed E-state index contributed by atoms with van der Waals surface area (Å²) in [5.74, 6) is 2.59. The van der Waals surface area contributed by atoms with Crippen LogP contribution in [0.4, 0.5) is 0 Å². The monoisotopic (exact) mass is 217 g/mol. The average molecular weight is 217 g/mol. The highest BCUT2D eigenvalue weighted by Gasteiger charge is 2.20. The molecule has 14 heavy (non-hydrogen) atoms. The molecule has 0 aromatic rings.